The zero-order chi connectivity index (χ0) is 48.2. The first kappa shape index (κ1) is 61.3. The predicted molar refractivity (Wildman–Crippen MR) is 230 cm³/mol. The molecule has 1 aliphatic carbocycles. The molecule has 27 heteroatoms. The van der Waals surface area contributed by atoms with Crippen LogP contribution < -0.4 is 5.73 Å². The molecule has 0 aromatic heterocycles. The average Bonchev–Trinajstić information content (AvgIpc) is 3.18. The highest BCUT2D eigenvalue weighted by Gasteiger charge is 2.59. The van der Waals surface area contributed by atoms with E-state index in [1.807, 2.05) is 0 Å². The molecule has 0 aliphatic heterocycles. The number of esters is 2. The fraction of sp³-hybridized carbons (Fsp3) is 0.946. The highest BCUT2D eigenvalue weighted by molar-refractivity contribution is 7.47. The molecule has 0 spiro atoms. The van der Waals surface area contributed by atoms with Crippen molar-refractivity contribution in [1.82, 2.24) is 0 Å². The summed E-state index contributed by atoms with van der Waals surface area (Å²) in [6, 6.07) is 0. The number of phosphoric acid groups is 4. The Labute approximate surface area is 376 Å². The molecule has 4 unspecified atom stereocenters. The fourth-order valence-corrected chi connectivity index (χ4v) is 9.69. The lowest BCUT2D eigenvalue weighted by molar-refractivity contribution is -0.209. The molecular weight excluding hydrogens is 934 g/mol. The number of aliphatic hydroxyl groups is 2. The van der Waals surface area contributed by atoms with Gasteiger partial charge in [0.2, 0.25) is 0 Å². The van der Waals surface area contributed by atoms with Crippen molar-refractivity contribution >= 4 is 43.2 Å². The van der Waals surface area contributed by atoms with Crippen LogP contribution in [0.3, 0.4) is 0 Å². The van der Waals surface area contributed by atoms with Gasteiger partial charge in [0.15, 0.2) is 6.10 Å². The van der Waals surface area contributed by atoms with Crippen molar-refractivity contribution in [2.75, 3.05) is 19.8 Å². The molecular formula is C37H75NO22P4. The number of hydrogen-bond donors (Lipinski definition) is 10. The van der Waals surface area contributed by atoms with Gasteiger partial charge in [0.1, 0.15) is 43.2 Å². The maximum absolute atomic E-state index is 13.2. The molecule has 0 radical (unpaired) electrons. The van der Waals surface area contributed by atoms with E-state index in [2.05, 4.69) is 20.5 Å². The number of ether oxygens (including phenoxy) is 2. The molecule has 1 fully saturated rings. The van der Waals surface area contributed by atoms with Crippen LogP contribution in [-0.2, 0) is 59.9 Å². The van der Waals surface area contributed by atoms with Crippen LogP contribution in [-0.4, -0.2) is 119 Å². The van der Waals surface area contributed by atoms with Crippen LogP contribution in [0, 0.1) is 0 Å². The molecule has 0 heterocycles. The van der Waals surface area contributed by atoms with Crippen molar-refractivity contribution in [3.63, 3.8) is 0 Å². The molecule has 1 saturated carbocycles. The Balaban J connectivity index is 2.96. The molecule has 0 aromatic rings. The van der Waals surface area contributed by atoms with Gasteiger partial charge in [0.05, 0.1) is 6.61 Å². The van der Waals surface area contributed by atoms with Crippen LogP contribution in [0.4, 0.5) is 0 Å². The summed E-state index contributed by atoms with van der Waals surface area (Å²) in [6.45, 7) is 1.21. The standard InChI is InChI=1S/C37H75NO22P4/c1-2-3-4-5-6-7-8-9-10-12-16-19-22-25-31(40)56-29(27-54-30(39)24-21-18-15-13-11-14-17-20-23-26-38)28-55-64(52,53)60-34-32(41)35(57-61(43,44)45)37(59-63(49,50)51)36(33(34)42)58-62(46,47)48/h29,32-37,41-42H,2-28,38H2,1H3,(H,52,53)(H2,43,44,45)(H2,46,47,48)(H2,49,50,51)/t29-,32-,33?,34?,35-,36+,37?/m1/s1. The third-order valence-corrected chi connectivity index (χ3v) is 12.8. The lowest BCUT2D eigenvalue weighted by Gasteiger charge is -2.45. The van der Waals surface area contributed by atoms with E-state index in [1.54, 1.807) is 0 Å². The molecule has 64 heavy (non-hydrogen) atoms. The van der Waals surface area contributed by atoms with Crippen LogP contribution in [0.25, 0.3) is 0 Å². The van der Waals surface area contributed by atoms with Crippen LogP contribution in [0.15, 0.2) is 0 Å². The Morgan fingerprint density at radius 3 is 1.23 bits per heavy atom. The van der Waals surface area contributed by atoms with Crippen molar-refractivity contribution in [2.45, 2.75) is 204 Å². The van der Waals surface area contributed by atoms with Crippen molar-refractivity contribution in [2.24, 2.45) is 5.73 Å². The summed E-state index contributed by atoms with van der Waals surface area (Å²) < 4.78 is 81.8. The number of unbranched alkanes of at least 4 members (excludes halogenated alkanes) is 20. The maximum Gasteiger partial charge on any atom is 0.472 e. The number of hydrogen-bond acceptors (Lipinski definition) is 16. The number of nitrogens with two attached hydrogens (primary N) is 1. The van der Waals surface area contributed by atoms with Gasteiger partial charge < -0.3 is 59.7 Å². The topological polar surface area (TPSA) is 375 Å². The Bertz CT molecular complexity index is 1440. The number of carbonyl (C=O) groups excluding carboxylic acids is 2. The van der Waals surface area contributed by atoms with Crippen LogP contribution in [0.1, 0.15) is 161 Å². The fourth-order valence-electron chi connectivity index (χ4n) is 7.04. The smallest absolute Gasteiger partial charge is 0.462 e. The summed E-state index contributed by atoms with van der Waals surface area (Å²) in [4.78, 5) is 92.5. The molecule has 0 saturated heterocycles. The van der Waals surface area contributed by atoms with Gasteiger partial charge in [-0.25, -0.2) is 18.3 Å². The quantitative estimate of drug-likeness (QED) is 0.0208. The summed E-state index contributed by atoms with van der Waals surface area (Å²) in [7, 11) is -23.0. The zero-order valence-corrected chi connectivity index (χ0v) is 40.4. The molecule has 11 N–H and O–H groups in total. The van der Waals surface area contributed by atoms with Gasteiger partial charge in [-0.05, 0) is 25.8 Å². The summed E-state index contributed by atoms with van der Waals surface area (Å²) in [5.41, 5.74) is 5.51. The average molecular weight is 1010 g/mol. The first-order chi connectivity index (χ1) is 30.0. The van der Waals surface area contributed by atoms with Gasteiger partial charge in [-0.2, -0.15) is 0 Å². The van der Waals surface area contributed by atoms with Crippen molar-refractivity contribution in [3.8, 4) is 0 Å². The Morgan fingerprint density at radius 1 is 0.484 bits per heavy atom. The SMILES string of the molecule is CCCCCCCCCCCCCCCC(=O)O[C@H](COC(=O)CCCCCCCCCCCN)COP(=O)(O)OC1C(O)[C@H](OP(=O)(O)O)C(OP(=O)(O)O)[C@H](OP(=O)(O)O)[C@@H]1O. The third-order valence-electron chi connectivity index (χ3n) is 10.2. The summed E-state index contributed by atoms with van der Waals surface area (Å²) >= 11 is 0. The number of rotatable bonds is 39. The molecule has 0 bridgehead atoms. The van der Waals surface area contributed by atoms with Crippen molar-refractivity contribution in [1.29, 1.82) is 0 Å². The minimum Gasteiger partial charge on any atom is -0.462 e. The zero-order valence-electron chi connectivity index (χ0n) is 36.8. The summed E-state index contributed by atoms with van der Waals surface area (Å²) in [5, 5.41) is 21.8. The van der Waals surface area contributed by atoms with Gasteiger partial charge in [-0.15, -0.1) is 0 Å². The van der Waals surface area contributed by atoms with E-state index in [0.717, 1.165) is 83.5 Å². The molecule has 0 amide bonds. The Hall–Kier alpha value is -0.740. The monoisotopic (exact) mass is 1010 g/mol. The molecule has 8 atom stereocenters. The Kier molecular flexibility index (Phi) is 31.5. The number of carbonyl (C=O) groups is 2. The van der Waals surface area contributed by atoms with Crippen molar-refractivity contribution < 1.29 is 104 Å². The van der Waals surface area contributed by atoms with E-state index in [1.165, 1.54) is 44.9 Å². The van der Waals surface area contributed by atoms with E-state index in [9.17, 15) is 72.3 Å². The van der Waals surface area contributed by atoms with Crippen molar-refractivity contribution in [3.05, 3.63) is 0 Å². The minimum absolute atomic E-state index is 0.0263. The van der Waals surface area contributed by atoms with E-state index in [0.29, 0.717) is 19.4 Å². The van der Waals surface area contributed by atoms with E-state index in [-0.39, 0.29) is 12.8 Å². The molecule has 23 nitrogen and oxygen atoms in total. The second-order valence-corrected chi connectivity index (χ2v) is 21.0. The second-order valence-electron chi connectivity index (χ2n) is 16.0. The van der Waals surface area contributed by atoms with Gasteiger partial charge in [-0.3, -0.25) is 32.2 Å². The van der Waals surface area contributed by atoms with Gasteiger partial charge >= 0.3 is 43.2 Å². The molecule has 380 valence electrons. The first-order valence-electron chi connectivity index (χ1n) is 22.3. The number of aliphatic hydroxyl groups excluding tert-OH is 2. The number of phosphoric ester groups is 4. The normalized spacial score (nSPS) is 22.2. The molecule has 1 rings (SSSR count). The lowest BCUT2D eigenvalue weighted by Crippen LogP contribution is -2.65. The van der Waals surface area contributed by atoms with E-state index < -0.39 is 99.2 Å². The molecule has 1 aliphatic rings. The predicted octanol–water partition coefficient (Wildman–Crippen LogP) is 5.45. The van der Waals surface area contributed by atoms with E-state index >= 15 is 0 Å². The van der Waals surface area contributed by atoms with Crippen LogP contribution in [0.5, 0.6) is 0 Å². The van der Waals surface area contributed by atoms with Gasteiger partial charge in [0.25, 0.3) is 0 Å². The highest BCUT2D eigenvalue weighted by Crippen LogP contribution is 2.53. The summed E-state index contributed by atoms with van der Waals surface area (Å²) in [6.07, 6.45) is 4.51. The minimum atomic E-state index is -5.78. The lowest BCUT2D eigenvalue weighted by atomic mass is 9.85. The Morgan fingerprint density at radius 2 is 0.844 bits per heavy atom. The third kappa shape index (κ3) is 30.6. The van der Waals surface area contributed by atoms with Crippen LogP contribution >= 0.6 is 31.3 Å². The largest absolute Gasteiger partial charge is 0.472 e. The summed E-state index contributed by atoms with van der Waals surface area (Å²) in [5.74, 6) is -1.41. The second kappa shape index (κ2) is 32.9. The van der Waals surface area contributed by atoms with E-state index in [4.69, 9.17) is 24.3 Å². The highest BCUT2D eigenvalue weighted by atomic mass is 31.2. The molecule has 0 aromatic carbocycles. The first-order valence-corrected chi connectivity index (χ1v) is 28.4. The van der Waals surface area contributed by atoms with Crippen LogP contribution in [0.2, 0.25) is 0 Å². The van der Waals surface area contributed by atoms with Gasteiger partial charge in [-0.1, -0.05) is 129 Å². The van der Waals surface area contributed by atoms with Gasteiger partial charge in [0, 0.05) is 12.8 Å². The maximum atomic E-state index is 13.2.